The fraction of sp³-hybridized carbons (Fsp3) is 0.917. The molecule has 0 aromatic heterocycles. The van der Waals surface area contributed by atoms with Crippen LogP contribution in [0.5, 0.6) is 0 Å². The van der Waals surface area contributed by atoms with Crippen molar-refractivity contribution in [1.29, 1.82) is 0 Å². The Kier molecular flexibility index (Phi) is 4.74. The lowest BCUT2D eigenvalue weighted by atomic mass is 9.78. The minimum atomic E-state index is -0.668. The largest absolute Gasteiger partial charge is 0.481 e. The summed E-state index contributed by atoms with van der Waals surface area (Å²) in [5.41, 5.74) is 0.161. The number of aliphatic carboxylic acids is 1. The monoisotopic (exact) mass is 229 g/mol. The van der Waals surface area contributed by atoms with E-state index < -0.39 is 5.97 Å². The Balaban J connectivity index is 2.26. The molecule has 4 heteroatoms. The maximum atomic E-state index is 10.8. The van der Waals surface area contributed by atoms with Gasteiger partial charge in [0.1, 0.15) is 0 Å². The number of carboxylic acids is 1. The van der Waals surface area contributed by atoms with Gasteiger partial charge in [0.2, 0.25) is 0 Å². The molecular weight excluding hydrogens is 206 g/mol. The van der Waals surface area contributed by atoms with Crippen LogP contribution in [0.15, 0.2) is 0 Å². The number of nitrogens with one attached hydrogen (secondary N) is 1. The van der Waals surface area contributed by atoms with Crippen molar-refractivity contribution in [3.8, 4) is 0 Å². The fourth-order valence-corrected chi connectivity index (χ4v) is 1.91. The third-order valence-corrected chi connectivity index (χ3v) is 3.42. The average molecular weight is 229 g/mol. The van der Waals surface area contributed by atoms with Gasteiger partial charge in [-0.25, -0.2) is 0 Å². The summed E-state index contributed by atoms with van der Waals surface area (Å²) in [4.78, 5) is 10.8. The van der Waals surface area contributed by atoms with Gasteiger partial charge in [-0.15, -0.1) is 0 Å². The second kappa shape index (κ2) is 5.64. The number of rotatable bonds is 7. The van der Waals surface area contributed by atoms with E-state index >= 15 is 0 Å². The van der Waals surface area contributed by atoms with Crippen molar-refractivity contribution in [2.75, 3.05) is 20.3 Å². The second-order valence-electron chi connectivity index (χ2n) is 5.42. The summed E-state index contributed by atoms with van der Waals surface area (Å²) in [5, 5.41) is 12.3. The van der Waals surface area contributed by atoms with Crippen LogP contribution in [-0.4, -0.2) is 37.4 Å². The molecule has 0 spiro atoms. The van der Waals surface area contributed by atoms with Gasteiger partial charge in [0.25, 0.3) is 0 Å². The lowest BCUT2D eigenvalue weighted by Gasteiger charge is -2.37. The van der Waals surface area contributed by atoms with Crippen molar-refractivity contribution >= 4 is 5.97 Å². The Labute approximate surface area is 97.4 Å². The number of methoxy groups -OCH3 is 1. The van der Waals surface area contributed by atoms with Crippen LogP contribution in [0.4, 0.5) is 0 Å². The molecule has 2 N–H and O–H groups in total. The van der Waals surface area contributed by atoms with Gasteiger partial charge in [0.05, 0.1) is 5.92 Å². The van der Waals surface area contributed by atoms with Crippen molar-refractivity contribution in [3.63, 3.8) is 0 Å². The number of hydrogen-bond acceptors (Lipinski definition) is 3. The summed E-state index contributed by atoms with van der Waals surface area (Å²) in [6, 6.07) is 0.166. The molecule has 2 atom stereocenters. The molecule has 0 heterocycles. The number of carboxylic acid groups (broad SMARTS) is 1. The molecule has 0 radical (unpaired) electrons. The lowest BCUT2D eigenvalue weighted by molar-refractivity contribution is -0.146. The molecule has 0 amide bonds. The summed E-state index contributed by atoms with van der Waals surface area (Å²) < 4.78 is 5.06. The second-order valence-corrected chi connectivity index (χ2v) is 5.42. The van der Waals surface area contributed by atoms with Gasteiger partial charge in [-0.05, 0) is 24.7 Å². The highest BCUT2D eigenvalue weighted by molar-refractivity contribution is 5.72. The number of hydrogen-bond donors (Lipinski definition) is 2. The molecule has 1 rings (SSSR count). The maximum Gasteiger partial charge on any atom is 0.308 e. The van der Waals surface area contributed by atoms with Crippen molar-refractivity contribution in [2.45, 2.75) is 39.2 Å². The van der Waals surface area contributed by atoms with Crippen LogP contribution in [0, 0.1) is 11.3 Å². The Morgan fingerprint density at radius 3 is 2.62 bits per heavy atom. The number of ether oxygens (including phenoxy) is 1. The molecule has 1 fully saturated rings. The minimum absolute atomic E-state index is 0.161. The van der Waals surface area contributed by atoms with Crippen molar-refractivity contribution < 1.29 is 14.6 Å². The van der Waals surface area contributed by atoms with E-state index in [0.717, 1.165) is 32.4 Å². The van der Waals surface area contributed by atoms with E-state index in [1.807, 2.05) is 0 Å². The van der Waals surface area contributed by atoms with E-state index in [-0.39, 0.29) is 17.4 Å². The molecule has 2 unspecified atom stereocenters. The number of carbonyl (C=O) groups is 1. The molecule has 16 heavy (non-hydrogen) atoms. The molecular formula is C12H23NO3. The zero-order chi connectivity index (χ0) is 12.2. The molecule has 1 aliphatic carbocycles. The zero-order valence-electron chi connectivity index (χ0n) is 10.5. The van der Waals surface area contributed by atoms with E-state index in [1.165, 1.54) is 0 Å². The molecule has 1 saturated carbocycles. The maximum absolute atomic E-state index is 10.8. The average Bonchev–Trinajstić information content (AvgIpc) is 2.12. The van der Waals surface area contributed by atoms with Gasteiger partial charge >= 0.3 is 5.97 Å². The molecule has 0 aromatic rings. The minimum Gasteiger partial charge on any atom is -0.481 e. The van der Waals surface area contributed by atoms with E-state index in [9.17, 15) is 4.79 Å². The SMILES string of the molecule is COCCC(C)(C)CNC1CCC1C(=O)O. The fourth-order valence-electron chi connectivity index (χ4n) is 1.91. The van der Waals surface area contributed by atoms with Crippen LogP contribution in [0.3, 0.4) is 0 Å². The quantitative estimate of drug-likeness (QED) is 0.694. The molecule has 1 aliphatic rings. The van der Waals surface area contributed by atoms with Gasteiger partial charge in [-0.2, -0.15) is 0 Å². The van der Waals surface area contributed by atoms with Crippen LogP contribution in [0.1, 0.15) is 33.1 Å². The first kappa shape index (κ1) is 13.5. The molecule has 0 aromatic carbocycles. The van der Waals surface area contributed by atoms with Crippen LogP contribution in [0.2, 0.25) is 0 Å². The van der Waals surface area contributed by atoms with Gasteiger partial charge < -0.3 is 15.2 Å². The van der Waals surface area contributed by atoms with Gasteiger partial charge in [0, 0.05) is 26.3 Å². The van der Waals surface area contributed by atoms with Crippen LogP contribution in [0.25, 0.3) is 0 Å². The molecule has 4 nitrogen and oxygen atoms in total. The summed E-state index contributed by atoms with van der Waals surface area (Å²) >= 11 is 0. The Bertz CT molecular complexity index is 240. The molecule has 0 bridgehead atoms. The summed E-state index contributed by atoms with van der Waals surface area (Å²) in [6.07, 6.45) is 2.78. The summed E-state index contributed by atoms with van der Waals surface area (Å²) in [7, 11) is 1.70. The Morgan fingerprint density at radius 2 is 2.19 bits per heavy atom. The van der Waals surface area contributed by atoms with E-state index in [1.54, 1.807) is 7.11 Å². The van der Waals surface area contributed by atoms with E-state index in [0.29, 0.717) is 0 Å². The van der Waals surface area contributed by atoms with Crippen molar-refractivity contribution in [2.24, 2.45) is 11.3 Å². The normalized spacial score (nSPS) is 25.2. The standard InChI is InChI=1S/C12H23NO3/c1-12(2,6-7-16-3)8-13-10-5-4-9(10)11(14)15/h9-10,13H,4-8H2,1-3H3,(H,14,15). The van der Waals surface area contributed by atoms with Gasteiger partial charge in [0.15, 0.2) is 0 Å². The highest BCUT2D eigenvalue weighted by Gasteiger charge is 2.36. The Hall–Kier alpha value is -0.610. The topological polar surface area (TPSA) is 58.6 Å². The first-order valence-electron chi connectivity index (χ1n) is 5.91. The zero-order valence-corrected chi connectivity index (χ0v) is 10.5. The van der Waals surface area contributed by atoms with E-state index in [2.05, 4.69) is 19.2 Å². The first-order chi connectivity index (χ1) is 7.46. The van der Waals surface area contributed by atoms with Crippen LogP contribution < -0.4 is 5.32 Å². The third kappa shape index (κ3) is 3.76. The highest BCUT2D eigenvalue weighted by atomic mass is 16.5. The lowest BCUT2D eigenvalue weighted by Crippen LogP contribution is -2.50. The molecule has 0 saturated heterocycles. The van der Waals surface area contributed by atoms with Crippen LogP contribution in [-0.2, 0) is 9.53 Å². The predicted molar refractivity (Wildman–Crippen MR) is 62.4 cm³/mol. The first-order valence-corrected chi connectivity index (χ1v) is 5.91. The summed E-state index contributed by atoms with van der Waals surface area (Å²) in [5.74, 6) is -0.850. The molecule has 0 aliphatic heterocycles. The van der Waals surface area contributed by atoms with Gasteiger partial charge in [-0.3, -0.25) is 4.79 Å². The van der Waals surface area contributed by atoms with E-state index in [4.69, 9.17) is 9.84 Å². The smallest absolute Gasteiger partial charge is 0.308 e. The van der Waals surface area contributed by atoms with Crippen molar-refractivity contribution in [1.82, 2.24) is 5.32 Å². The van der Waals surface area contributed by atoms with Crippen molar-refractivity contribution in [3.05, 3.63) is 0 Å². The highest BCUT2D eigenvalue weighted by Crippen LogP contribution is 2.29. The third-order valence-electron chi connectivity index (χ3n) is 3.42. The molecule has 94 valence electrons. The van der Waals surface area contributed by atoms with Gasteiger partial charge in [-0.1, -0.05) is 13.8 Å². The predicted octanol–water partition coefficient (Wildman–Crippen LogP) is 1.50. The summed E-state index contributed by atoms with van der Waals surface area (Å²) in [6.45, 7) is 5.95. The Morgan fingerprint density at radius 1 is 1.50 bits per heavy atom. The van der Waals surface area contributed by atoms with Crippen LogP contribution >= 0.6 is 0 Å².